The number of carbonyl (C=O) groups is 1. The van der Waals surface area contributed by atoms with Gasteiger partial charge in [-0.15, -0.1) is 0 Å². The van der Waals surface area contributed by atoms with Crippen LogP contribution < -0.4 is 0 Å². The van der Waals surface area contributed by atoms with Crippen molar-refractivity contribution in [3.05, 3.63) is 35.4 Å². The molecule has 19 heavy (non-hydrogen) atoms. The van der Waals surface area contributed by atoms with Crippen LogP contribution in [0.4, 0.5) is 0 Å². The monoisotopic (exact) mass is 323 g/mol. The molecule has 0 atom stereocenters. The van der Waals surface area contributed by atoms with E-state index in [1.165, 1.54) is 11.1 Å². The Morgan fingerprint density at radius 3 is 2.63 bits per heavy atom. The van der Waals surface area contributed by atoms with Gasteiger partial charge in [0.2, 0.25) is 5.91 Å². The van der Waals surface area contributed by atoms with Crippen LogP contribution in [0.25, 0.3) is 0 Å². The minimum absolute atomic E-state index is 0.316. The van der Waals surface area contributed by atoms with Gasteiger partial charge >= 0.3 is 0 Å². The molecule has 1 saturated heterocycles. The molecule has 2 nitrogen and oxygen atoms in total. The average Bonchev–Trinajstić information content (AvgIpc) is 2.46. The summed E-state index contributed by atoms with van der Waals surface area (Å²) >= 11 is 3.53. The molecule has 3 heteroatoms. The first-order valence-electron chi connectivity index (χ1n) is 7.09. The topological polar surface area (TPSA) is 20.3 Å². The molecule has 1 fully saturated rings. The highest BCUT2D eigenvalue weighted by Crippen LogP contribution is 2.20. The summed E-state index contributed by atoms with van der Waals surface area (Å²) in [6.45, 7) is 3.98. The fraction of sp³-hybridized carbons (Fsp3) is 0.562. The largest absolute Gasteiger partial charge is 0.343 e. The van der Waals surface area contributed by atoms with E-state index in [1.54, 1.807) is 0 Å². The number of alkyl halides is 1. The minimum Gasteiger partial charge on any atom is -0.343 e. The second kappa shape index (κ2) is 7.09. The van der Waals surface area contributed by atoms with Crippen LogP contribution >= 0.6 is 15.9 Å². The van der Waals surface area contributed by atoms with Gasteiger partial charge in [0.25, 0.3) is 0 Å². The van der Waals surface area contributed by atoms with Crippen molar-refractivity contribution >= 4 is 21.8 Å². The number of hydrogen-bond acceptors (Lipinski definition) is 1. The van der Waals surface area contributed by atoms with E-state index in [0.29, 0.717) is 12.3 Å². The van der Waals surface area contributed by atoms with E-state index in [-0.39, 0.29) is 0 Å². The standard InChI is InChI=1S/C16H22BrNO/c1-13-4-2-3-5-15(13)6-7-16(19)18-10-8-14(12-17)9-11-18/h2-5,14H,6-12H2,1H3. The van der Waals surface area contributed by atoms with E-state index in [2.05, 4.69) is 35.0 Å². The number of hydrogen-bond donors (Lipinski definition) is 0. The van der Waals surface area contributed by atoms with Gasteiger partial charge in [-0.1, -0.05) is 40.2 Å². The van der Waals surface area contributed by atoms with Crippen LogP contribution in [0, 0.1) is 12.8 Å². The van der Waals surface area contributed by atoms with Crippen molar-refractivity contribution in [2.24, 2.45) is 5.92 Å². The summed E-state index contributed by atoms with van der Waals surface area (Å²) in [7, 11) is 0. The predicted molar refractivity (Wildman–Crippen MR) is 82.6 cm³/mol. The van der Waals surface area contributed by atoms with E-state index in [1.807, 2.05) is 17.0 Å². The van der Waals surface area contributed by atoms with Gasteiger partial charge in [-0.2, -0.15) is 0 Å². The van der Waals surface area contributed by atoms with Crippen molar-refractivity contribution in [1.82, 2.24) is 4.90 Å². The van der Waals surface area contributed by atoms with Gasteiger partial charge in [0.05, 0.1) is 0 Å². The normalized spacial score (nSPS) is 16.6. The number of nitrogens with zero attached hydrogens (tertiary/aromatic N) is 1. The molecule has 1 aliphatic rings. The SMILES string of the molecule is Cc1ccccc1CCC(=O)N1CCC(CBr)CC1. The number of halogens is 1. The second-order valence-corrected chi connectivity index (χ2v) is 6.05. The molecule has 0 unspecified atom stereocenters. The fourth-order valence-electron chi connectivity index (χ4n) is 2.63. The minimum atomic E-state index is 0.316. The number of carbonyl (C=O) groups excluding carboxylic acids is 1. The molecule has 1 amide bonds. The molecule has 104 valence electrons. The summed E-state index contributed by atoms with van der Waals surface area (Å²) in [5, 5.41) is 1.07. The van der Waals surface area contributed by atoms with E-state index < -0.39 is 0 Å². The van der Waals surface area contributed by atoms with Crippen LogP contribution in [0.2, 0.25) is 0 Å². The van der Waals surface area contributed by atoms with Gasteiger partial charge < -0.3 is 4.90 Å². The first-order valence-corrected chi connectivity index (χ1v) is 8.21. The molecule has 0 saturated carbocycles. The molecule has 2 rings (SSSR count). The summed E-state index contributed by atoms with van der Waals surface area (Å²) in [5.41, 5.74) is 2.58. The number of likely N-dealkylation sites (tertiary alicyclic amines) is 1. The fourth-order valence-corrected chi connectivity index (χ4v) is 3.27. The smallest absolute Gasteiger partial charge is 0.222 e. The Morgan fingerprint density at radius 2 is 2.00 bits per heavy atom. The van der Waals surface area contributed by atoms with Crippen molar-refractivity contribution in [3.63, 3.8) is 0 Å². The number of amides is 1. The first-order chi connectivity index (χ1) is 9.20. The highest BCUT2D eigenvalue weighted by molar-refractivity contribution is 9.09. The molecule has 0 bridgehead atoms. The van der Waals surface area contributed by atoms with Gasteiger partial charge in [-0.25, -0.2) is 0 Å². The summed E-state index contributed by atoms with van der Waals surface area (Å²) in [6, 6.07) is 8.33. The molecule has 0 radical (unpaired) electrons. The first kappa shape index (κ1) is 14.6. The lowest BCUT2D eigenvalue weighted by atomic mass is 9.98. The third kappa shape index (κ3) is 4.07. The Kier molecular flexibility index (Phi) is 5.44. The predicted octanol–water partition coefficient (Wildman–Crippen LogP) is 3.56. The van der Waals surface area contributed by atoms with E-state index in [4.69, 9.17) is 0 Å². The van der Waals surface area contributed by atoms with E-state index >= 15 is 0 Å². The molecule has 1 heterocycles. The highest BCUT2D eigenvalue weighted by Gasteiger charge is 2.21. The van der Waals surface area contributed by atoms with Crippen LogP contribution in [0.5, 0.6) is 0 Å². The van der Waals surface area contributed by atoms with Crippen LogP contribution in [0.3, 0.4) is 0 Å². The molecule has 1 aromatic carbocycles. The van der Waals surface area contributed by atoms with Crippen molar-refractivity contribution in [3.8, 4) is 0 Å². The van der Waals surface area contributed by atoms with Crippen molar-refractivity contribution in [1.29, 1.82) is 0 Å². The summed E-state index contributed by atoms with van der Waals surface area (Å²) in [6.07, 6.45) is 3.79. The lowest BCUT2D eigenvalue weighted by Crippen LogP contribution is -2.38. The molecule has 0 aliphatic carbocycles. The van der Waals surface area contributed by atoms with Gasteiger partial charge in [-0.3, -0.25) is 4.79 Å². The maximum atomic E-state index is 12.2. The van der Waals surface area contributed by atoms with Crippen molar-refractivity contribution < 1.29 is 4.79 Å². The highest BCUT2D eigenvalue weighted by atomic mass is 79.9. The molecule has 0 N–H and O–H groups in total. The number of rotatable bonds is 4. The summed E-state index contributed by atoms with van der Waals surface area (Å²) < 4.78 is 0. The van der Waals surface area contributed by atoms with E-state index in [9.17, 15) is 4.79 Å². The molecule has 0 spiro atoms. The van der Waals surface area contributed by atoms with Crippen molar-refractivity contribution in [2.75, 3.05) is 18.4 Å². The van der Waals surface area contributed by atoms with Gasteiger partial charge in [0, 0.05) is 24.8 Å². The van der Waals surface area contributed by atoms with Crippen LogP contribution in [-0.4, -0.2) is 29.2 Å². The second-order valence-electron chi connectivity index (χ2n) is 5.40. The number of piperidine rings is 1. The zero-order valence-electron chi connectivity index (χ0n) is 11.6. The Morgan fingerprint density at radius 1 is 1.32 bits per heavy atom. The molecule has 1 aromatic rings. The number of aryl methyl sites for hydroxylation is 2. The van der Waals surface area contributed by atoms with Gasteiger partial charge in [0.1, 0.15) is 0 Å². The maximum absolute atomic E-state index is 12.2. The molecule has 0 aromatic heterocycles. The zero-order valence-corrected chi connectivity index (χ0v) is 13.2. The Balaban J connectivity index is 1.81. The molecular weight excluding hydrogens is 302 g/mol. The van der Waals surface area contributed by atoms with Crippen LogP contribution in [-0.2, 0) is 11.2 Å². The Labute approximate surface area is 124 Å². The van der Waals surface area contributed by atoms with E-state index in [0.717, 1.165) is 43.6 Å². The lowest BCUT2D eigenvalue weighted by Gasteiger charge is -2.31. The maximum Gasteiger partial charge on any atom is 0.222 e. The van der Waals surface area contributed by atoms with Gasteiger partial charge in [0.15, 0.2) is 0 Å². The number of benzene rings is 1. The third-order valence-electron chi connectivity index (χ3n) is 4.05. The van der Waals surface area contributed by atoms with Crippen molar-refractivity contribution in [2.45, 2.75) is 32.6 Å². The quantitative estimate of drug-likeness (QED) is 0.776. The summed E-state index contributed by atoms with van der Waals surface area (Å²) in [4.78, 5) is 14.2. The molecule has 1 aliphatic heterocycles. The van der Waals surface area contributed by atoms with Gasteiger partial charge in [-0.05, 0) is 43.2 Å². The van der Waals surface area contributed by atoms with Crippen LogP contribution in [0.15, 0.2) is 24.3 Å². The third-order valence-corrected chi connectivity index (χ3v) is 4.97. The lowest BCUT2D eigenvalue weighted by molar-refractivity contribution is -0.132. The Hall–Kier alpha value is -0.830. The van der Waals surface area contributed by atoms with Crippen LogP contribution in [0.1, 0.15) is 30.4 Å². The zero-order chi connectivity index (χ0) is 13.7. The molecular formula is C16H22BrNO. The average molecular weight is 324 g/mol. The summed E-state index contributed by atoms with van der Waals surface area (Å²) in [5.74, 6) is 1.07. The Bertz CT molecular complexity index is 425.